The maximum atomic E-state index is 13.8. The number of carbonyl (C=O) groups excluding carboxylic acids is 3. The van der Waals surface area contributed by atoms with Gasteiger partial charge in [-0.2, -0.15) is 0 Å². The lowest BCUT2D eigenvalue weighted by Gasteiger charge is -2.47. The minimum atomic E-state index is -0.863. The van der Waals surface area contributed by atoms with Crippen LogP contribution in [0.1, 0.15) is 56.4 Å². The fourth-order valence-electron chi connectivity index (χ4n) is 4.26. The molecule has 0 saturated carbocycles. The van der Waals surface area contributed by atoms with Gasteiger partial charge in [-0.05, 0) is 41.8 Å². The van der Waals surface area contributed by atoms with Crippen LogP contribution in [0.4, 0.5) is 0 Å². The third kappa shape index (κ3) is 6.42. The molecule has 4 atom stereocenters. The summed E-state index contributed by atoms with van der Waals surface area (Å²) in [4.78, 5) is 40.1. The van der Waals surface area contributed by atoms with Crippen LogP contribution in [0.5, 0.6) is 0 Å². The van der Waals surface area contributed by atoms with E-state index in [1.165, 1.54) is 6.92 Å². The molecular formula is C26H29Cl2N3O4. The van der Waals surface area contributed by atoms with Crippen LogP contribution in [0, 0.1) is 0 Å². The summed E-state index contributed by atoms with van der Waals surface area (Å²) in [6, 6.07) is 12.8. The summed E-state index contributed by atoms with van der Waals surface area (Å²) in [6.07, 6.45) is 1.43. The summed E-state index contributed by atoms with van der Waals surface area (Å²) in [7, 11) is 0. The number of hydrogen-bond acceptors (Lipinski definition) is 4. The second-order valence-corrected chi connectivity index (χ2v) is 9.21. The summed E-state index contributed by atoms with van der Waals surface area (Å²) in [5.74, 6) is -1.24. The number of nitrogens with zero attached hydrogens (tertiary/aromatic N) is 1. The van der Waals surface area contributed by atoms with Crippen LogP contribution < -0.4 is 10.9 Å². The van der Waals surface area contributed by atoms with E-state index in [4.69, 9.17) is 27.9 Å². The van der Waals surface area contributed by atoms with Crippen LogP contribution >= 0.6 is 23.2 Å². The van der Waals surface area contributed by atoms with E-state index in [-0.39, 0.29) is 12.3 Å². The first-order valence-electron chi connectivity index (χ1n) is 11.4. The second-order valence-electron chi connectivity index (χ2n) is 8.34. The lowest BCUT2D eigenvalue weighted by atomic mass is 9.89. The zero-order chi connectivity index (χ0) is 25.5. The van der Waals surface area contributed by atoms with Gasteiger partial charge in [-0.25, -0.2) is 0 Å². The highest BCUT2D eigenvalue weighted by molar-refractivity contribution is 6.30. The zero-order valence-electron chi connectivity index (χ0n) is 19.7. The van der Waals surface area contributed by atoms with E-state index in [1.54, 1.807) is 35.2 Å². The van der Waals surface area contributed by atoms with Crippen molar-refractivity contribution in [3.8, 4) is 0 Å². The van der Waals surface area contributed by atoms with E-state index in [0.29, 0.717) is 22.9 Å². The maximum Gasteiger partial charge on any atom is 0.261 e. The first-order valence-corrected chi connectivity index (χ1v) is 12.2. The van der Waals surface area contributed by atoms with Crippen LogP contribution in [0.15, 0.2) is 61.2 Å². The number of benzene rings is 2. The third-order valence-corrected chi connectivity index (χ3v) is 6.25. The highest BCUT2D eigenvalue weighted by Crippen LogP contribution is 2.44. The molecule has 2 aromatic rings. The molecule has 1 heterocycles. The summed E-state index contributed by atoms with van der Waals surface area (Å²) < 4.78 is 6.36. The van der Waals surface area contributed by atoms with Crippen molar-refractivity contribution in [2.45, 2.75) is 57.4 Å². The van der Waals surface area contributed by atoms with Crippen LogP contribution in [0.25, 0.3) is 0 Å². The number of hydrazine groups is 1. The van der Waals surface area contributed by atoms with Crippen molar-refractivity contribution in [2.75, 3.05) is 0 Å². The van der Waals surface area contributed by atoms with E-state index < -0.39 is 36.1 Å². The molecule has 0 spiro atoms. The van der Waals surface area contributed by atoms with Crippen LogP contribution in [-0.4, -0.2) is 34.8 Å². The molecule has 3 rings (SSSR count). The standard InChI is InChI=1S/C26H29Cl2N3O4/c1-4-7-21(25(33)30-29-16(3)32)31-23(17-11-13-19(27)14-12-17)24(18-9-6-10-20(28)15-18)35-22(8-5-2)26(31)34/h5-6,9-15,21-24H,2,4,7-8H2,1,3H3,(H,29,32)(H,30,33)/t21-,22+,23-,24+/m1/s1. The monoisotopic (exact) mass is 517 g/mol. The molecule has 1 aliphatic heterocycles. The number of nitrogens with one attached hydrogen (secondary N) is 2. The predicted molar refractivity (Wildman–Crippen MR) is 136 cm³/mol. The molecular weight excluding hydrogens is 489 g/mol. The van der Waals surface area contributed by atoms with E-state index in [1.807, 2.05) is 31.2 Å². The Hall–Kier alpha value is -2.87. The summed E-state index contributed by atoms with van der Waals surface area (Å²) >= 11 is 12.4. The number of halogens is 2. The molecule has 2 N–H and O–H groups in total. The van der Waals surface area contributed by atoms with Gasteiger partial charge < -0.3 is 9.64 Å². The predicted octanol–water partition coefficient (Wildman–Crippen LogP) is 4.92. The average molecular weight is 518 g/mol. The molecule has 1 saturated heterocycles. The van der Waals surface area contributed by atoms with Crippen molar-refractivity contribution in [3.05, 3.63) is 82.4 Å². The van der Waals surface area contributed by atoms with Crippen molar-refractivity contribution >= 4 is 40.9 Å². The summed E-state index contributed by atoms with van der Waals surface area (Å²) in [5.41, 5.74) is 6.28. The Balaban J connectivity index is 2.17. The van der Waals surface area contributed by atoms with Gasteiger partial charge in [-0.15, -0.1) is 6.58 Å². The lowest BCUT2D eigenvalue weighted by molar-refractivity contribution is -0.181. The maximum absolute atomic E-state index is 13.8. The highest BCUT2D eigenvalue weighted by Gasteiger charge is 2.48. The fourth-order valence-corrected chi connectivity index (χ4v) is 4.58. The van der Waals surface area contributed by atoms with Gasteiger partial charge in [0.05, 0.1) is 6.04 Å². The van der Waals surface area contributed by atoms with Gasteiger partial charge in [0, 0.05) is 23.4 Å². The molecule has 0 unspecified atom stereocenters. The van der Waals surface area contributed by atoms with Crippen molar-refractivity contribution in [2.24, 2.45) is 0 Å². The number of ether oxygens (including phenoxy) is 1. The molecule has 7 nitrogen and oxygen atoms in total. The Morgan fingerprint density at radius 3 is 2.43 bits per heavy atom. The van der Waals surface area contributed by atoms with E-state index in [2.05, 4.69) is 17.4 Å². The quantitative estimate of drug-likeness (QED) is 0.384. The molecule has 0 aromatic heterocycles. The molecule has 186 valence electrons. The number of morpholine rings is 1. The number of hydrogen-bond donors (Lipinski definition) is 2. The second kappa shape index (κ2) is 12.2. The molecule has 1 aliphatic rings. The smallest absolute Gasteiger partial charge is 0.261 e. The Bertz CT molecular complexity index is 1080. The summed E-state index contributed by atoms with van der Waals surface area (Å²) in [6.45, 7) is 6.98. The fraction of sp³-hybridized carbons (Fsp3) is 0.346. The molecule has 0 radical (unpaired) electrons. The van der Waals surface area contributed by atoms with Crippen molar-refractivity contribution in [3.63, 3.8) is 0 Å². The number of rotatable bonds is 8. The van der Waals surface area contributed by atoms with Crippen LogP contribution in [-0.2, 0) is 19.1 Å². The molecule has 3 amide bonds. The van der Waals surface area contributed by atoms with E-state index in [9.17, 15) is 14.4 Å². The largest absolute Gasteiger partial charge is 0.358 e. The Morgan fingerprint density at radius 2 is 1.83 bits per heavy atom. The Labute approximate surface area is 215 Å². The van der Waals surface area contributed by atoms with Crippen molar-refractivity contribution in [1.29, 1.82) is 0 Å². The molecule has 0 bridgehead atoms. The zero-order valence-corrected chi connectivity index (χ0v) is 21.2. The molecule has 1 fully saturated rings. The number of amides is 3. The molecule has 0 aliphatic carbocycles. The first kappa shape index (κ1) is 26.7. The molecule has 35 heavy (non-hydrogen) atoms. The van der Waals surface area contributed by atoms with Gasteiger partial charge in [0.1, 0.15) is 18.2 Å². The lowest BCUT2D eigenvalue weighted by Crippen LogP contribution is -2.60. The van der Waals surface area contributed by atoms with Crippen LogP contribution in [0.3, 0.4) is 0 Å². The Kier molecular flexibility index (Phi) is 9.32. The van der Waals surface area contributed by atoms with Gasteiger partial charge in [-0.1, -0.05) is 66.9 Å². The average Bonchev–Trinajstić information content (AvgIpc) is 2.83. The van der Waals surface area contributed by atoms with Crippen molar-refractivity contribution in [1.82, 2.24) is 15.8 Å². The van der Waals surface area contributed by atoms with Gasteiger partial charge in [0.15, 0.2) is 0 Å². The Morgan fingerprint density at radius 1 is 1.11 bits per heavy atom. The minimum absolute atomic E-state index is 0.270. The normalized spacial score (nSPS) is 20.7. The summed E-state index contributed by atoms with van der Waals surface area (Å²) in [5, 5.41) is 1.07. The highest BCUT2D eigenvalue weighted by atomic mass is 35.5. The molecule has 2 aromatic carbocycles. The molecule has 9 heteroatoms. The van der Waals surface area contributed by atoms with Gasteiger partial charge in [-0.3, -0.25) is 25.2 Å². The topological polar surface area (TPSA) is 87.7 Å². The van der Waals surface area contributed by atoms with Crippen molar-refractivity contribution < 1.29 is 19.1 Å². The van der Waals surface area contributed by atoms with E-state index in [0.717, 1.165) is 11.1 Å². The van der Waals surface area contributed by atoms with Gasteiger partial charge >= 0.3 is 0 Å². The number of carbonyl (C=O) groups is 3. The third-order valence-electron chi connectivity index (χ3n) is 5.76. The van der Waals surface area contributed by atoms with Gasteiger partial charge in [0.25, 0.3) is 11.8 Å². The van der Waals surface area contributed by atoms with E-state index >= 15 is 0 Å². The minimum Gasteiger partial charge on any atom is -0.358 e. The SMILES string of the molecule is C=CC[C@@H]1O[C@@H](c2cccc(Cl)c2)[C@@H](c2ccc(Cl)cc2)N([C@H](CCC)C(=O)NNC(C)=O)C1=O. The first-order chi connectivity index (χ1) is 16.8. The van der Waals surface area contributed by atoms with Crippen LogP contribution in [0.2, 0.25) is 10.0 Å². The van der Waals surface area contributed by atoms with Gasteiger partial charge in [0.2, 0.25) is 5.91 Å².